The van der Waals surface area contributed by atoms with Crippen molar-refractivity contribution in [2.75, 3.05) is 0 Å². The maximum absolute atomic E-state index is 11.6. The Labute approximate surface area is 116 Å². The van der Waals surface area contributed by atoms with Gasteiger partial charge in [-0.1, -0.05) is 18.2 Å². The van der Waals surface area contributed by atoms with Gasteiger partial charge in [0.25, 0.3) is 5.91 Å². The van der Waals surface area contributed by atoms with E-state index in [4.69, 9.17) is 17.0 Å². The van der Waals surface area contributed by atoms with Crippen LogP contribution in [0.1, 0.15) is 12.5 Å². The number of para-hydroxylation sites is 1. The quantitative estimate of drug-likeness (QED) is 0.604. The Bertz CT molecular complexity index is 634. The molecule has 1 fully saturated rings. The Balaban J connectivity index is 1.97. The number of carbonyl (C=O) groups excluding carboxylic acids is 1. The molecule has 19 heavy (non-hydrogen) atoms. The summed E-state index contributed by atoms with van der Waals surface area (Å²) in [6, 6.07) is 7.80. The van der Waals surface area contributed by atoms with E-state index < -0.39 is 0 Å². The minimum Gasteiger partial charge on any atom is -0.485 e. The number of amides is 1. The fourth-order valence-electron chi connectivity index (χ4n) is 2.07. The Kier molecular flexibility index (Phi) is 2.83. The highest BCUT2D eigenvalue weighted by Gasteiger charge is 2.23. The largest absolute Gasteiger partial charge is 0.485 e. The molecule has 2 N–H and O–H groups in total. The minimum absolute atomic E-state index is 0.105. The number of fused-ring (bicyclic) bond motifs is 1. The topological polar surface area (TPSA) is 50.4 Å². The van der Waals surface area contributed by atoms with Crippen molar-refractivity contribution < 1.29 is 9.53 Å². The van der Waals surface area contributed by atoms with Gasteiger partial charge < -0.3 is 10.1 Å². The van der Waals surface area contributed by atoms with Gasteiger partial charge in [-0.15, -0.1) is 0 Å². The first-order chi connectivity index (χ1) is 9.13. The lowest BCUT2D eigenvalue weighted by molar-refractivity contribution is -0.115. The van der Waals surface area contributed by atoms with Gasteiger partial charge in [-0.2, -0.15) is 0 Å². The van der Waals surface area contributed by atoms with Crippen LogP contribution in [0.5, 0.6) is 5.75 Å². The molecule has 3 rings (SSSR count). The summed E-state index contributed by atoms with van der Waals surface area (Å²) in [4.78, 5) is 11.6. The summed E-state index contributed by atoms with van der Waals surface area (Å²) in [5.41, 5.74) is 2.39. The molecular formula is C14H12N2O2S. The molecule has 0 radical (unpaired) electrons. The van der Waals surface area contributed by atoms with Crippen LogP contribution in [0.2, 0.25) is 0 Å². The van der Waals surface area contributed by atoms with Crippen LogP contribution in [0, 0.1) is 0 Å². The Hall–Kier alpha value is -2.14. The summed E-state index contributed by atoms with van der Waals surface area (Å²) in [5.74, 6) is 0.647. The van der Waals surface area contributed by atoms with Crippen LogP contribution in [0.15, 0.2) is 41.6 Å². The molecule has 1 aromatic rings. The standard InChI is InChI=1S/C14H12N2O2S/c1-8-10(7-11-13(17)16-14(19)15-11)6-9-4-2-3-5-12(9)18-8/h2-8H,1H3,(H2,15,16,17,19)/b11-7-. The lowest BCUT2D eigenvalue weighted by Crippen LogP contribution is -2.21. The van der Waals surface area contributed by atoms with Crippen LogP contribution >= 0.6 is 12.2 Å². The summed E-state index contributed by atoms with van der Waals surface area (Å²) in [6.45, 7) is 1.95. The predicted octanol–water partition coefficient (Wildman–Crippen LogP) is 1.74. The molecule has 1 amide bonds. The van der Waals surface area contributed by atoms with Crippen LogP contribution in [-0.2, 0) is 4.79 Å². The summed E-state index contributed by atoms with van der Waals surface area (Å²) in [5, 5.41) is 5.70. The van der Waals surface area contributed by atoms with Crippen molar-refractivity contribution in [3.63, 3.8) is 0 Å². The molecule has 2 aliphatic rings. The maximum atomic E-state index is 11.6. The minimum atomic E-state index is -0.211. The first kappa shape index (κ1) is 11.9. The molecular weight excluding hydrogens is 260 g/mol. The number of thiocarbonyl (C=S) groups is 1. The Morgan fingerprint density at radius 2 is 2.11 bits per heavy atom. The molecule has 1 aromatic carbocycles. The van der Waals surface area contributed by atoms with Crippen LogP contribution in [-0.4, -0.2) is 17.1 Å². The Morgan fingerprint density at radius 1 is 1.32 bits per heavy atom. The summed E-state index contributed by atoms with van der Waals surface area (Å²) in [6.07, 6.45) is 3.69. The van der Waals surface area contributed by atoms with E-state index in [0.717, 1.165) is 16.9 Å². The zero-order chi connectivity index (χ0) is 13.4. The van der Waals surface area contributed by atoms with Crippen LogP contribution in [0.3, 0.4) is 0 Å². The van der Waals surface area contributed by atoms with Gasteiger partial charge in [0.1, 0.15) is 17.6 Å². The highest BCUT2D eigenvalue weighted by atomic mass is 32.1. The molecule has 2 heterocycles. The lowest BCUT2D eigenvalue weighted by atomic mass is 10.0. The average Bonchev–Trinajstić information content (AvgIpc) is 2.69. The third-order valence-electron chi connectivity index (χ3n) is 3.05. The van der Waals surface area contributed by atoms with E-state index in [0.29, 0.717) is 10.8 Å². The second kappa shape index (κ2) is 4.51. The average molecular weight is 272 g/mol. The van der Waals surface area contributed by atoms with Crippen molar-refractivity contribution in [3.8, 4) is 5.75 Å². The van der Waals surface area contributed by atoms with Gasteiger partial charge in [0.15, 0.2) is 5.11 Å². The van der Waals surface area contributed by atoms with Gasteiger partial charge in [0, 0.05) is 5.56 Å². The van der Waals surface area contributed by atoms with Gasteiger partial charge in [-0.3, -0.25) is 10.1 Å². The van der Waals surface area contributed by atoms with Crippen LogP contribution in [0.4, 0.5) is 0 Å². The molecule has 0 aromatic heterocycles. The molecule has 4 nitrogen and oxygen atoms in total. The van der Waals surface area contributed by atoms with Crippen molar-refractivity contribution in [1.29, 1.82) is 0 Å². The second-order valence-corrected chi connectivity index (χ2v) is 4.82. The monoisotopic (exact) mass is 272 g/mol. The number of ether oxygens (including phenoxy) is 1. The second-order valence-electron chi connectivity index (χ2n) is 4.41. The van der Waals surface area contributed by atoms with Gasteiger partial charge in [0.05, 0.1) is 0 Å². The Morgan fingerprint density at radius 3 is 2.84 bits per heavy atom. The van der Waals surface area contributed by atoms with E-state index in [1.54, 1.807) is 6.08 Å². The van der Waals surface area contributed by atoms with Crippen LogP contribution in [0.25, 0.3) is 6.08 Å². The summed E-state index contributed by atoms with van der Waals surface area (Å²) >= 11 is 4.90. The smallest absolute Gasteiger partial charge is 0.273 e. The third kappa shape index (κ3) is 2.24. The fraction of sp³-hybridized carbons (Fsp3) is 0.143. The first-order valence-electron chi connectivity index (χ1n) is 5.95. The number of benzene rings is 1. The zero-order valence-electron chi connectivity index (χ0n) is 10.3. The predicted molar refractivity (Wildman–Crippen MR) is 76.5 cm³/mol. The molecule has 0 bridgehead atoms. The zero-order valence-corrected chi connectivity index (χ0v) is 11.1. The fourth-order valence-corrected chi connectivity index (χ4v) is 2.27. The van der Waals surface area contributed by atoms with E-state index >= 15 is 0 Å². The molecule has 2 aliphatic heterocycles. The summed E-state index contributed by atoms with van der Waals surface area (Å²) in [7, 11) is 0. The van der Waals surface area contributed by atoms with E-state index in [1.165, 1.54) is 0 Å². The van der Waals surface area contributed by atoms with Crippen molar-refractivity contribution in [3.05, 3.63) is 47.2 Å². The van der Waals surface area contributed by atoms with Crippen molar-refractivity contribution in [1.82, 2.24) is 10.6 Å². The summed E-state index contributed by atoms with van der Waals surface area (Å²) < 4.78 is 5.81. The molecule has 96 valence electrons. The number of hydrogen-bond donors (Lipinski definition) is 2. The number of nitrogens with one attached hydrogen (secondary N) is 2. The highest BCUT2D eigenvalue weighted by molar-refractivity contribution is 7.80. The van der Waals surface area contributed by atoms with Gasteiger partial charge >= 0.3 is 0 Å². The maximum Gasteiger partial charge on any atom is 0.273 e. The lowest BCUT2D eigenvalue weighted by Gasteiger charge is -2.22. The van der Waals surface area contributed by atoms with Gasteiger partial charge in [-0.25, -0.2) is 0 Å². The van der Waals surface area contributed by atoms with E-state index in [1.807, 2.05) is 37.3 Å². The number of rotatable bonds is 1. The molecule has 5 heteroatoms. The molecule has 0 aliphatic carbocycles. The normalized spacial score (nSPS) is 23.3. The number of carbonyl (C=O) groups is 1. The molecule has 1 unspecified atom stereocenters. The van der Waals surface area contributed by atoms with Crippen molar-refractivity contribution >= 4 is 29.3 Å². The van der Waals surface area contributed by atoms with Crippen molar-refractivity contribution in [2.45, 2.75) is 13.0 Å². The first-order valence-corrected chi connectivity index (χ1v) is 6.35. The molecule has 1 atom stereocenters. The SMILES string of the molecule is CC1Oc2ccccc2C=C1/C=C1\NC(=S)NC1=O. The third-order valence-corrected chi connectivity index (χ3v) is 3.25. The van der Waals surface area contributed by atoms with Gasteiger partial charge in [-0.05, 0) is 42.9 Å². The molecule has 1 saturated heterocycles. The van der Waals surface area contributed by atoms with Crippen LogP contribution < -0.4 is 15.4 Å². The van der Waals surface area contributed by atoms with E-state index in [-0.39, 0.29) is 12.0 Å². The van der Waals surface area contributed by atoms with E-state index in [2.05, 4.69) is 10.6 Å². The van der Waals surface area contributed by atoms with E-state index in [9.17, 15) is 4.79 Å². The van der Waals surface area contributed by atoms with Crippen molar-refractivity contribution in [2.24, 2.45) is 0 Å². The number of hydrogen-bond acceptors (Lipinski definition) is 3. The van der Waals surface area contributed by atoms with Gasteiger partial charge in [0.2, 0.25) is 0 Å². The molecule has 0 saturated carbocycles. The molecule has 0 spiro atoms. The highest BCUT2D eigenvalue weighted by Crippen LogP contribution is 2.30.